The van der Waals surface area contributed by atoms with Gasteiger partial charge in [-0.05, 0) is 34.8 Å². The zero-order chi connectivity index (χ0) is 23.5. The molecular weight excluding hydrogens is 435 g/mol. The Kier molecular flexibility index (Phi) is 4.36. The molecule has 0 bridgehead atoms. The Morgan fingerprint density at radius 3 is 1.43 bits per heavy atom. The van der Waals surface area contributed by atoms with Gasteiger partial charge in [0.05, 0.1) is 0 Å². The Labute approximate surface area is 200 Å². The SMILES string of the molecule is OB(O)c1cc(-c2cccc3c2oc2ccccc23)cc(-c2cccc3c2oc2ccccc23)c1. The number of benzene rings is 5. The van der Waals surface area contributed by atoms with Crippen molar-refractivity contribution in [1.29, 1.82) is 0 Å². The van der Waals surface area contributed by atoms with Crippen LogP contribution in [0.5, 0.6) is 0 Å². The molecule has 0 saturated carbocycles. The van der Waals surface area contributed by atoms with Crippen molar-refractivity contribution in [2.45, 2.75) is 0 Å². The molecule has 7 rings (SSSR count). The lowest BCUT2D eigenvalue weighted by Gasteiger charge is -2.11. The molecule has 35 heavy (non-hydrogen) atoms. The van der Waals surface area contributed by atoms with Crippen molar-refractivity contribution in [3.05, 3.63) is 103 Å². The van der Waals surface area contributed by atoms with Gasteiger partial charge in [-0.3, -0.25) is 0 Å². The summed E-state index contributed by atoms with van der Waals surface area (Å²) in [7, 11) is -1.61. The van der Waals surface area contributed by atoms with E-state index in [9.17, 15) is 10.0 Å². The van der Waals surface area contributed by atoms with Gasteiger partial charge in [-0.15, -0.1) is 0 Å². The predicted octanol–water partition coefficient (Wildman–Crippen LogP) is 6.50. The molecule has 0 spiro atoms. The van der Waals surface area contributed by atoms with E-state index in [2.05, 4.69) is 6.07 Å². The molecule has 0 radical (unpaired) electrons. The number of fused-ring (bicyclic) bond motifs is 6. The van der Waals surface area contributed by atoms with Crippen molar-refractivity contribution < 1.29 is 18.9 Å². The molecule has 4 nitrogen and oxygen atoms in total. The molecule has 0 saturated heterocycles. The highest BCUT2D eigenvalue weighted by Crippen LogP contribution is 2.39. The average Bonchev–Trinajstić information content (AvgIpc) is 3.47. The van der Waals surface area contributed by atoms with E-state index >= 15 is 0 Å². The van der Waals surface area contributed by atoms with Crippen molar-refractivity contribution in [3.8, 4) is 22.3 Å². The molecule has 0 atom stereocenters. The molecule has 0 aliphatic rings. The molecular formula is C30H19BO4. The summed E-state index contributed by atoms with van der Waals surface area (Å²) in [5.74, 6) is 0. The van der Waals surface area contributed by atoms with E-state index in [0.717, 1.165) is 66.1 Å². The number of furan rings is 2. The molecule has 5 aromatic carbocycles. The van der Waals surface area contributed by atoms with Gasteiger partial charge in [0, 0.05) is 32.7 Å². The second kappa shape index (κ2) is 7.60. The van der Waals surface area contributed by atoms with Crippen LogP contribution in [0.15, 0.2) is 112 Å². The summed E-state index contributed by atoms with van der Waals surface area (Å²) in [6, 6.07) is 33.7. The first-order valence-electron chi connectivity index (χ1n) is 11.5. The predicted molar refractivity (Wildman–Crippen MR) is 142 cm³/mol. The lowest BCUT2D eigenvalue weighted by Crippen LogP contribution is -2.30. The third-order valence-corrected chi connectivity index (χ3v) is 6.68. The van der Waals surface area contributed by atoms with Gasteiger partial charge in [0.25, 0.3) is 0 Å². The summed E-state index contributed by atoms with van der Waals surface area (Å²) in [6.45, 7) is 0. The highest BCUT2D eigenvalue weighted by molar-refractivity contribution is 6.59. The molecule has 0 aliphatic heterocycles. The molecule has 7 aromatic rings. The van der Waals surface area contributed by atoms with Crippen LogP contribution >= 0.6 is 0 Å². The quantitative estimate of drug-likeness (QED) is 0.299. The minimum absolute atomic E-state index is 0.402. The third-order valence-electron chi connectivity index (χ3n) is 6.68. The van der Waals surface area contributed by atoms with Crippen LogP contribution in [-0.4, -0.2) is 17.2 Å². The molecule has 0 unspecified atom stereocenters. The topological polar surface area (TPSA) is 66.7 Å². The zero-order valence-corrected chi connectivity index (χ0v) is 18.6. The van der Waals surface area contributed by atoms with Crippen LogP contribution in [-0.2, 0) is 0 Å². The molecule has 2 aromatic heterocycles. The van der Waals surface area contributed by atoms with Gasteiger partial charge in [0.2, 0.25) is 0 Å². The van der Waals surface area contributed by atoms with E-state index in [-0.39, 0.29) is 0 Å². The Morgan fingerprint density at radius 2 is 0.943 bits per heavy atom. The van der Waals surface area contributed by atoms with Gasteiger partial charge in [-0.1, -0.05) is 84.9 Å². The largest absolute Gasteiger partial charge is 0.488 e. The Hall–Kier alpha value is -4.32. The summed E-state index contributed by atoms with van der Waals surface area (Å²) in [5, 5.41) is 24.4. The Bertz CT molecular complexity index is 1760. The van der Waals surface area contributed by atoms with Crippen LogP contribution in [0.1, 0.15) is 0 Å². The van der Waals surface area contributed by atoms with Crippen molar-refractivity contribution in [1.82, 2.24) is 0 Å². The standard InChI is InChI=1S/C30H19BO4/c32-31(33)20-16-18(21-9-5-11-25-23-7-1-3-13-27(23)34-29(21)25)15-19(17-20)22-10-6-12-26-24-8-2-4-14-28(24)35-30(22)26/h1-17,32-33H. The van der Waals surface area contributed by atoms with Gasteiger partial charge in [-0.2, -0.15) is 0 Å². The van der Waals surface area contributed by atoms with E-state index in [1.807, 2.05) is 84.9 Å². The molecule has 0 aliphatic carbocycles. The highest BCUT2D eigenvalue weighted by atomic mass is 16.4. The van der Waals surface area contributed by atoms with Crippen LogP contribution in [0.4, 0.5) is 0 Å². The fraction of sp³-hybridized carbons (Fsp3) is 0. The van der Waals surface area contributed by atoms with Crippen molar-refractivity contribution in [2.24, 2.45) is 0 Å². The van der Waals surface area contributed by atoms with Gasteiger partial charge in [0.15, 0.2) is 0 Å². The van der Waals surface area contributed by atoms with Crippen LogP contribution in [0, 0.1) is 0 Å². The van der Waals surface area contributed by atoms with Gasteiger partial charge >= 0.3 is 7.12 Å². The maximum atomic E-state index is 10.1. The zero-order valence-electron chi connectivity index (χ0n) is 18.6. The van der Waals surface area contributed by atoms with Crippen molar-refractivity contribution in [3.63, 3.8) is 0 Å². The number of rotatable bonds is 3. The van der Waals surface area contributed by atoms with Crippen LogP contribution in [0.2, 0.25) is 0 Å². The smallest absolute Gasteiger partial charge is 0.455 e. The van der Waals surface area contributed by atoms with E-state index in [0.29, 0.717) is 5.46 Å². The maximum Gasteiger partial charge on any atom is 0.488 e. The molecule has 166 valence electrons. The van der Waals surface area contributed by atoms with Crippen LogP contribution in [0.25, 0.3) is 66.1 Å². The fourth-order valence-electron chi connectivity index (χ4n) is 5.06. The van der Waals surface area contributed by atoms with Gasteiger partial charge in [-0.25, -0.2) is 0 Å². The lowest BCUT2D eigenvalue weighted by atomic mass is 9.77. The molecule has 2 heterocycles. The van der Waals surface area contributed by atoms with Gasteiger partial charge < -0.3 is 18.9 Å². The van der Waals surface area contributed by atoms with Crippen molar-refractivity contribution in [2.75, 3.05) is 0 Å². The second-order valence-corrected chi connectivity index (χ2v) is 8.78. The summed E-state index contributed by atoms with van der Waals surface area (Å²) in [4.78, 5) is 0. The first-order chi connectivity index (χ1) is 17.2. The lowest BCUT2D eigenvalue weighted by molar-refractivity contribution is 0.426. The molecule has 0 amide bonds. The highest BCUT2D eigenvalue weighted by Gasteiger charge is 2.19. The summed E-state index contributed by atoms with van der Waals surface area (Å²) in [6.07, 6.45) is 0. The fourth-order valence-corrected chi connectivity index (χ4v) is 5.06. The molecule has 5 heteroatoms. The minimum atomic E-state index is -1.61. The summed E-state index contributed by atoms with van der Waals surface area (Å²) in [5.41, 5.74) is 7.03. The van der Waals surface area contributed by atoms with Crippen molar-refractivity contribution >= 4 is 56.5 Å². The summed E-state index contributed by atoms with van der Waals surface area (Å²) < 4.78 is 12.5. The normalized spacial score (nSPS) is 11.7. The number of para-hydroxylation sites is 4. The second-order valence-electron chi connectivity index (χ2n) is 8.78. The Morgan fingerprint density at radius 1 is 0.486 bits per heavy atom. The molecule has 2 N–H and O–H groups in total. The summed E-state index contributed by atoms with van der Waals surface area (Å²) >= 11 is 0. The average molecular weight is 454 g/mol. The number of hydrogen-bond donors (Lipinski definition) is 2. The van der Waals surface area contributed by atoms with Crippen LogP contribution < -0.4 is 5.46 Å². The first-order valence-corrected chi connectivity index (χ1v) is 11.5. The van der Waals surface area contributed by atoms with Crippen LogP contribution in [0.3, 0.4) is 0 Å². The van der Waals surface area contributed by atoms with E-state index in [1.165, 1.54) is 0 Å². The van der Waals surface area contributed by atoms with E-state index < -0.39 is 7.12 Å². The van der Waals surface area contributed by atoms with E-state index in [1.54, 1.807) is 12.1 Å². The monoisotopic (exact) mass is 454 g/mol. The minimum Gasteiger partial charge on any atom is -0.455 e. The number of hydrogen-bond acceptors (Lipinski definition) is 4. The third kappa shape index (κ3) is 3.10. The molecule has 0 fully saturated rings. The van der Waals surface area contributed by atoms with Gasteiger partial charge in [0.1, 0.15) is 22.3 Å². The maximum absolute atomic E-state index is 10.1. The Balaban J connectivity index is 1.51. The van der Waals surface area contributed by atoms with E-state index in [4.69, 9.17) is 8.83 Å². The first kappa shape index (κ1) is 20.1.